The van der Waals surface area contributed by atoms with Crippen LogP contribution in [0.3, 0.4) is 0 Å². The topological polar surface area (TPSA) is 57.5 Å². The Kier molecular flexibility index (Phi) is 2.40. The van der Waals surface area contributed by atoms with Crippen LogP contribution in [0.4, 0.5) is 0 Å². The van der Waals surface area contributed by atoms with E-state index in [0.29, 0.717) is 23.3 Å². The molecule has 1 aromatic carbocycles. The summed E-state index contributed by atoms with van der Waals surface area (Å²) in [6.45, 7) is 4.31. The summed E-state index contributed by atoms with van der Waals surface area (Å²) in [5.41, 5.74) is 3.43. The maximum atomic E-state index is 11.3. The van der Waals surface area contributed by atoms with E-state index in [2.05, 4.69) is 13.8 Å². The van der Waals surface area contributed by atoms with Crippen molar-refractivity contribution in [2.45, 2.75) is 44.9 Å². The van der Waals surface area contributed by atoms with Gasteiger partial charge in [-0.3, -0.25) is 0 Å². The van der Waals surface area contributed by atoms with Crippen LogP contribution in [0, 0.1) is 5.92 Å². The van der Waals surface area contributed by atoms with Crippen LogP contribution in [0.2, 0.25) is 0 Å². The molecule has 0 amide bonds. The first kappa shape index (κ1) is 11.6. The minimum absolute atomic E-state index is 0.178. The van der Waals surface area contributed by atoms with E-state index in [0.717, 1.165) is 36.0 Å². The van der Waals surface area contributed by atoms with Crippen LogP contribution in [-0.2, 0) is 6.42 Å². The Labute approximate surface area is 106 Å². The molecule has 0 heterocycles. The van der Waals surface area contributed by atoms with E-state index in [1.54, 1.807) is 0 Å². The molecular weight excluding hydrogens is 228 g/mol. The van der Waals surface area contributed by atoms with E-state index in [-0.39, 0.29) is 5.75 Å². The lowest BCUT2D eigenvalue weighted by atomic mass is 9.75. The molecule has 3 nitrogen and oxygen atoms in total. The van der Waals surface area contributed by atoms with E-state index in [9.17, 15) is 15.0 Å². The Morgan fingerprint density at radius 2 is 2.00 bits per heavy atom. The first-order valence-corrected chi connectivity index (χ1v) is 6.62. The van der Waals surface area contributed by atoms with Crippen LogP contribution in [0.15, 0.2) is 6.07 Å². The third-order valence-corrected chi connectivity index (χ3v) is 4.72. The van der Waals surface area contributed by atoms with Gasteiger partial charge >= 0.3 is 5.97 Å². The number of aromatic carboxylic acids is 1. The van der Waals surface area contributed by atoms with Gasteiger partial charge in [0, 0.05) is 5.56 Å². The number of aromatic hydroxyl groups is 1. The van der Waals surface area contributed by atoms with Gasteiger partial charge in [0.25, 0.3) is 0 Å². The maximum absolute atomic E-state index is 11.3. The number of carbonyl (C=O) groups is 1. The molecule has 3 atom stereocenters. The van der Waals surface area contributed by atoms with Crippen LogP contribution in [0.5, 0.6) is 5.75 Å². The molecule has 96 valence electrons. The summed E-state index contributed by atoms with van der Waals surface area (Å²) in [4.78, 5) is 11.3. The van der Waals surface area contributed by atoms with Crippen molar-refractivity contribution in [2.75, 3.05) is 0 Å². The highest BCUT2D eigenvalue weighted by atomic mass is 16.4. The van der Waals surface area contributed by atoms with Gasteiger partial charge in [0.2, 0.25) is 0 Å². The number of carboxylic acid groups (broad SMARTS) is 1. The van der Waals surface area contributed by atoms with Crippen molar-refractivity contribution in [2.24, 2.45) is 5.92 Å². The largest absolute Gasteiger partial charge is 0.508 e. The number of phenolic OH excluding ortho intramolecular Hbond substituents is 1. The lowest BCUT2D eigenvalue weighted by Crippen LogP contribution is -2.15. The lowest BCUT2D eigenvalue weighted by molar-refractivity contribution is 0.0695. The second kappa shape index (κ2) is 3.74. The van der Waals surface area contributed by atoms with Crippen molar-refractivity contribution in [1.82, 2.24) is 0 Å². The number of hydrogen-bond acceptors (Lipinski definition) is 2. The Morgan fingerprint density at radius 3 is 2.67 bits per heavy atom. The number of hydrogen-bond donors (Lipinski definition) is 2. The highest BCUT2D eigenvalue weighted by Gasteiger charge is 2.39. The molecule has 2 N–H and O–H groups in total. The first-order chi connectivity index (χ1) is 8.50. The van der Waals surface area contributed by atoms with Gasteiger partial charge in [-0.15, -0.1) is 0 Å². The zero-order chi connectivity index (χ0) is 13.0. The monoisotopic (exact) mass is 246 g/mol. The number of carboxylic acids is 1. The molecule has 0 spiro atoms. The van der Waals surface area contributed by atoms with Crippen molar-refractivity contribution >= 4 is 5.97 Å². The second-order valence-corrected chi connectivity index (χ2v) is 5.82. The molecule has 3 rings (SSSR count). The lowest BCUT2D eigenvalue weighted by Gasteiger charge is -2.30. The SMILES string of the molecule is C[C@H]1CC[C@H]2c3c(c(C(=O)O)cc(O)c31)C[C@@H]2C. The zero-order valence-corrected chi connectivity index (χ0v) is 10.7. The molecule has 0 bridgehead atoms. The van der Waals surface area contributed by atoms with E-state index in [1.807, 2.05) is 0 Å². The molecule has 0 aliphatic heterocycles. The molecule has 0 radical (unpaired) electrons. The van der Waals surface area contributed by atoms with Crippen molar-refractivity contribution in [1.29, 1.82) is 0 Å². The van der Waals surface area contributed by atoms with Crippen molar-refractivity contribution < 1.29 is 15.0 Å². The summed E-state index contributed by atoms with van der Waals surface area (Å²) < 4.78 is 0. The number of rotatable bonds is 1. The molecule has 0 saturated carbocycles. The van der Waals surface area contributed by atoms with Gasteiger partial charge in [0.15, 0.2) is 0 Å². The molecule has 1 aromatic rings. The predicted molar refractivity (Wildman–Crippen MR) is 68.3 cm³/mol. The summed E-state index contributed by atoms with van der Waals surface area (Å²) in [7, 11) is 0. The highest BCUT2D eigenvalue weighted by Crippen LogP contribution is 2.53. The van der Waals surface area contributed by atoms with Crippen LogP contribution in [0.25, 0.3) is 0 Å². The molecule has 0 saturated heterocycles. The fourth-order valence-electron chi connectivity index (χ4n) is 3.85. The molecule has 0 unspecified atom stereocenters. The Bertz CT molecular complexity index is 533. The Hall–Kier alpha value is -1.51. The van der Waals surface area contributed by atoms with Crippen LogP contribution in [-0.4, -0.2) is 16.2 Å². The van der Waals surface area contributed by atoms with Crippen LogP contribution >= 0.6 is 0 Å². The molecule has 2 aliphatic rings. The molecule has 0 aromatic heterocycles. The molecule has 3 heteroatoms. The van der Waals surface area contributed by atoms with Gasteiger partial charge in [-0.05, 0) is 54.2 Å². The fourth-order valence-corrected chi connectivity index (χ4v) is 3.85. The summed E-state index contributed by atoms with van der Waals surface area (Å²) in [6, 6.07) is 1.45. The third kappa shape index (κ3) is 1.39. The number of phenols is 1. The Balaban J connectivity index is 2.30. The van der Waals surface area contributed by atoms with Gasteiger partial charge in [-0.2, -0.15) is 0 Å². The Morgan fingerprint density at radius 1 is 1.28 bits per heavy atom. The highest BCUT2D eigenvalue weighted by molar-refractivity contribution is 5.91. The molecule has 2 aliphatic carbocycles. The standard InChI is InChI=1S/C15H18O3/c1-7-3-4-9-8(2)5-10-11(15(17)18)6-12(16)13(7)14(9)10/h6-9,16H,3-5H2,1-2H3,(H,17,18)/t7-,8-,9+/m0/s1. The normalized spacial score (nSPS) is 29.1. The van der Waals surface area contributed by atoms with Crippen molar-refractivity contribution in [3.63, 3.8) is 0 Å². The van der Waals surface area contributed by atoms with Gasteiger partial charge < -0.3 is 10.2 Å². The average Bonchev–Trinajstić information content (AvgIpc) is 2.63. The van der Waals surface area contributed by atoms with Crippen molar-refractivity contribution in [3.05, 3.63) is 28.3 Å². The second-order valence-electron chi connectivity index (χ2n) is 5.82. The minimum Gasteiger partial charge on any atom is -0.508 e. The average molecular weight is 246 g/mol. The quantitative estimate of drug-likeness (QED) is 0.799. The molecular formula is C15H18O3. The summed E-state index contributed by atoms with van der Waals surface area (Å²) in [5, 5.41) is 19.4. The summed E-state index contributed by atoms with van der Waals surface area (Å²) in [6.07, 6.45) is 3.04. The number of benzene rings is 1. The first-order valence-electron chi connectivity index (χ1n) is 6.62. The molecule has 0 fully saturated rings. The predicted octanol–water partition coefficient (Wildman–Crippen LogP) is 3.26. The van der Waals surface area contributed by atoms with E-state index < -0.39 is 5.97 Å². The van der Waals surface area contributed by atoms with Crippen LogP contribution in [0.1, 0.15) is 65.6 Å². The van der Waals surface area contributed by atoms with E-state index >= 15 is 0 Å². The van der Waals surface area contributed by atoms with Gasteiger partial charge in [0.05, 0.1) is 5.56 Å². The van der Waals surface area contributed by atoms with Gasteiger partial charge in [-0.1, -0.05) is 13.8 Å². The summed E-state index contributed by atoms with van der Waals surface area (Å²) >= 11 is 0. The minimum atomic E-state index is -0.922. The third-order valence-electron chi connectivity index (χ3n) is 4.72. The van der Waals surface area contributed by atoms with E-state index in [4.69, 9.17) is 0 Å². The zero-order valence-electron chi connectivity index (χ0n) is 10.7. The smallest absolute Gasteiger partial charge is 0.336 e. The van der Waals surface area contributed by atoms with Gasteiger partial charge in [0.1, 0.15) is 5.75 Å². The summed E-state index contributed by atoms with van der Waals surface area (Å²) in [5.74, 6) is 0.525. The van der Waals surface area contributed by atoms with Gasteiger partial charge in [-0.25, -0.2) is 4.79 Å². The molecule has 18 heavy (non-hydrogen) atoms. The fraction of sp³-hybridized carbons (Fsp3) is 0.533. The van der Waals surface area contributed by atoms with Crippen LogP contribution < -0.4 is 0 Å². The van der Waals surface area contributed by atoms with Crippen molar-refractivity contribution in [3.8, 4) is 5.75 Å². The maximum Gasteiger partial charge on any atom is 0.336 e. The van der Waals surface area contributed by atoms with E-state index in [1.165, 1.54) is 6.07 Å².